The largest absolute Gasteiger partial charge is 0.365 e. The lowest BCUT2D eigenvalue weighted by Crippen LogP contribution is -2.38. The number of nitrogens with one attached hydrogen (secondary N) is 1. The van der Waals surface area contributed by atoms with Gasteiger partial charge in [-0.3, -0.25) is 4.79 Å². The molecule has 1 atom stereocenters. The van der Waals surface area contributed by atoms with E-state index < -0.39 is 9.84 Å². The molecule has 0 saturated carbocycles. The first-order chi connectivity index (χ1) is 12.3. The number of aromatic nitrogens is 2. The molecule has 1 aliphatic heterocycles. The van der Waals surface area contributed by atoms with E-state index in [1.807, 2.05) is 31.2 Å². The van der Waals surface area contributed by atoms with Crippen molar-refractivity contribution in [1.82, 2.24) is 15.1 Å². The lowest BCUT2D eigenvalue weighted by Gasteiger charge is -2.22. The molecular weight excluding hydrogens is 352 g/mol. The molecule has 1 saturated heterocycles. The summed E-state index contributed by atoms with van der Waals surface area (Å²) in [6.45, 7) is 2.65. The van der Waals surface area contributed by atoms with Gasteiger partial charge in [0.2, 0.25) is 0 Å². The third-order valence-electron chi connectivity index (χ3n) is 4.55. The van der Waals surface area contributed by atoms with Crippen LogP contribution in [0.5, 0.6) is 0 Å². The minimum Gasteiger partial charge on any atom is -0.365 e. The number of hydrogen-bond donors (Lipinski definition) is 1. The highest BCUT2D eigenvalue weighted by molar-refractivity contribution is 7.91. The number of aryl methyl sites for hydroxylation is 1. The van der Waals surface area contributed by atoms with Crippen LogP contribution >= 0.6 is 0 Å². The van der Waals surface area contributed by atoms with Gasteiger partial charge in [0.15, 0.2) is 15.5 Å². The second-order valence-electron chi connectivity index (χ2n) is 6.62. The summed E-state index contributed by atoms with van der Waals surface area (Å²) in [5.74, 6) is 0.403. The van der Waals surface area contributed by atoms with Crippen molar-refractivity contribution >= 4 is 21.6 Å². The summed E-state index contributed by atoms with van der Waals surface area (Å²) < 4.78 is 23.2. The molecule has 8 heteroatoms. The zero-order chi connectivity index (χ0) is 18.7. The van der Waals surface area contributed by atoms with Crippen LogP contribution in [0.25, 0.3) is 0 Å². The number of carbonyl (C=O) groups excluding carboxylic acids is 1. The van der Waals surface area contributed by atoms with Gasteiger partial charge < -0.3 is 10.2 Å². The fraction of sp³-hybridized carbons (Fsp3) is 0.389. The van der Waals surface area contributed by atoms with Crippen LogP contribution in [0.2, 0.25) is 0 Å². The number of nitrogens with zero attached hydrogens (tertiary/aromatic N) is 3. The smallest absolute Gasteiger partial charge is 0.274 e. The first kappa shape index (κ1) is 18.3. The SMILES string of the molecule is Cc1ccc(CNc2ccc(C(=O)N(C)C3CCS(=O)(=O)C3)nn2)cc1. The van der Waals surface area contributed by atoms with Gasteiger partial charge in [-0.05, 0) is 31.0 Å². The summed E-state index contributed by atoms with van der Waals surface area (Å²) in [7, 11) is -1.43. The highest BCUT2D eigenvalue weighted by Crippen LogP contribution is 2.18. The highest BCUT2D eigenvalue weighted by atomic mass is 32.2. The van der Waals surface area contributed by atoms with Gasteiger partial charge in [0.1, 0.15) is 5.82 Å². The molecule has 1 N–H and O–H groups in total. The summed E-state index contributed by atoms with van der Waals surface area (Å²) in [5.41, 5.74) is 2.54. The van der Waals surface area contributed by atoms with Crippen molar-refractivity contribution in [1.29, 1.82) is 0 Å². The zero-order valence-electron chi connectivity index (χ0n) is 14.8. The molecule has 1 aromatic heterocycles. The van der Waals surface area contributed by atoms with Crippen molar-refractivity contribution in [2.75, 3.05) is 23.9 Å². The first-order valence-corrected chi connectivity index (χ1v) is 10.3. The summed E-state index contributed by atoms with van der Waals surface area (Å²) in [4.78, 5) is 13.9. The molecule has 1 unspecified atom stereocenters. The number of benzene rings is 1. The molecule has 3 rings (SSSR count). The van der Waals surface area contributed by atoms with Crippen molar-refractivity contribution < 1.29 is 13.2 Å². The molecule has 1 amide bonds. The van der Waals surface area contributed by atoms with Crippen LogP contribution in [-0.2, 0) is 16.4 Å². The van der Waals surface area contributed by atoms with E-state index in [2.05, 4.69) is 15.5 Å². The monoisotopic (exact) mass is 374 g/mol. The minimum absolute atomic E-state index is 0.0128. The molecule has 26 heavy (non-hydrogen) atoms. The van der Waals surface area contributed by atoms with Crippen LogP contribution in [0, 0.1) is 6.92 Å². The van der Waals surface area contributed by atoms with Gasteiger partial charge in [-0.25, -0.2) is 8.42 Å². The molecule has 0 bridgehead atoms. The van der Waals surface area contributed by atoms with E-state index in [1.165, 1.54) is 10.5 Å². The van der Waals surface area contributed by atoms with Crippen LogP contribution in [0.15, 0.2) is 36.4 Å². The first-order valence-electron chi connectivity index (χ1n) is 8.45. The fourth-order valence-electron chi connectivity index (χ4n) is 2.87. The number of carbonyl (C=O) groups is 1. The maximum Gasteiger partial charge on any atom is 0.274 e. The zero-order valence-corrected chi connectivity index (χ0v) is 15.7. The van der Waals surface area contributed by atoms with Crippen LogP contribution < -0.4 is 5.32 Å². The highest BCUT2D eigenvalue weighted by Gasteiger charge is 2.33. The molecule has 1 fully saturated rings. The minimum atomic E-state index is -3.04. The molecule has 0 radical (unpaired) electrons. The van der Waals surface area contributed by atoms with E-state index in [-0.39, 0.29) is 29.1 Å². The van der Waals surface area contributed by atoms with Crippen molar-refractivity contribution in [2.45, 2.75) is 25.9 Å². The average Bonchev–Trinajstić information content (AvgIpc) is 3.00. The second kappa shape index (κ2) is 7.41. The summed E-state index contributed by atoms with van der Waals surface area (Å²) >= 11 is 0. The predicted octanol–water partition coefficient (Wildman–Crippen LogP) is 1.66. The van der Waals surface area contributed by atoms with Crippen molar-refractivity contribution in [2.24, 2.45) is 0 Å². The third kappa shape index (κ3) is 4.37. The number of anilines is 1. The van der Waals surface area contributed by atoms with E-state index in [0.717, 1.165) is 5.56 Å². The quantitative estimate of drug-likeness (QED) is 0.856. The Kier molecular flexibility index (Phi) is 5.22. The third-order valence-corrected chi connectivity index (χ3v) is 6.30. The Morgan fingerprint density at radius 3 is 2.50 bits per heavy atom. The van der Waals surface area contributed by atoms with E-state index in [1.54, 1.807) is 19.2 Å². The summed E-state index contributed by atoms with van der Waals surface area (Å²) in [6, 6.07) is 11.2. The number of sulfone groups is 1. The Morgan fingerprint density at radius 1 is 1.19 bits per heavy atom. The fourth-order valence-corrected chi connectivity index (χ4v) is 4.64. The molecule has 0 spiro atoms. The molecule has 1 aromatic carbocycles. The summed E-state index contributed by atoms with van der Waals surface area (Å²) in [6.07, 6.45) is 0.466. The Morgan fingerprint density at radius 2 is 1.92 bits per heavy atom. The van der Waals surface area contributed by atoms with Gasteiger partial charge in [-0.15, -0.1) is 10.2 Å². The standard InChI is InChI=1S/C18H22N4O3S/c1-13-3-5-14(6-4-13)11-19-17-8-7-16(20-21-17)18(23)22(2)15-9-10-26(24,25)12-15/h3-8,15H,9-12H2,1-2H3,(H,19,21). The second-order valence-corrected chi connectivity index (χ2v) is 8.84. The average molecular weight is 374 g/mol. The molecular formula is C18H22N4O3S. The molecule has 2 aromatic rings. The van der Waals surface area contributed by atoms with Gasteiger partial charge in [0.05, 0.1) is 11.5 Å². The van der Waals surface area contributed by atoms with E-state index >= 15 is 0 Å². The molecule has 7 nitrogen and oxygen atoms in total. The number of amides is 1. The van der Waals surface area contributed by atoms with E-state index in [4.69, 9.17) is 0 Å². The molecule has 0 aliphatic carbocycles. The summed E-state index contributed by atoms with van der Waals surface area (Å²) in [5, 5.41) is 11.2. The van der Waals surface area contributed by atoms with Gasteiger partial charge in [-0.1, -0.05) is 29.8 Å². The van der Waals surface area contributed by atoms with Gasteiger partial charge in [0.25, 0.3) is 5.91 Å². The Labute approximate surface area is 153 Å². The Bertz CT molecular complexity index is 880. The van der Waals surface area contributed by atoms with Crippen LogP contribution in [-0.4, -0.2) is 54.0 Å². The van der Waals surface area contributed by atoms with Crippen LogP contribution in [0.1, 0.15) is 28.0 Å². The van der Waals surface area contributed by atoms with Gasteiger partial charge in [0, 0.05) is 19.6 Å². The predicted molar refractivity (Wildman–Crippen MR) is 99.7 cm³/mol. The van der Waals surface area contributed by atoms with Crippen molar-refractivity contribution in [3.8, 4) is 0 Å². The van der Waals surface area contributed by atoms with E-state index in [9.17, 15) is 13.2 Å². The van der Waals surface area contributed by atoms with E-state index in [0.29, 0.717) is 18.8 Å². The van der Waals surface area contributed by atoms with Gasteiger partial charge >= 0.3 is 0 Å². The van der Waals surface area contributed by atoms with Crippen LogP contribution in [0.4, 0.5) is 5.82 Å². The normalized spacial score (nSPS) is 18.5. The number of rotatable bonds is 5. The van der Waals surface area contributed by atoms with Crippen molar-refractivity contribution in [3.63, 3.8) is 0 Å². The van der Waals surface area contributed by atoms with Crippen molar-refractivity contribution in [3.05, 3.63) is 53.2 Å². The Balaban J connectivity index is 1.59. The molecule has 138 valence electrons. The maximum absolute atomic E-state index is 12.5. The Hall–Kier alpha value is -2.48. The van der Waals surface area contributed by atoms with Gasteiger partial charge in [-0.2, -0.15) is 0 Å². The van der Waals surface area contributed by atoms with Crippen LogP contribution in [0.3, 0.4) is 0 Å². The topological polar surface area (TPSA) is 92.3 Å². The lowest BCUT2D eigenvalue weighted by molar-refractivity contribution is 0.0740. The molecule has 2 heterocycles. The number of hydrogen-bond acceptors (Lipinski definition) is 6. The lowest BCUT2D eigenvalue weighted by atomic mass is 10.1. The molecule has 1 aliphatic rings. The maximum atomic E-state index is 12.5.